The van der Waals surface area contributed by atoms with Gasteiger partial charge in [-0.3, -0.25) is 9.59 Å². The van der Waals surface area contributed by atoms with Crippen molar-refractivity contribution in [2.24, 2.45) is 5.10 Å². The lowest BCUT2D eigenvalue weighted by atomic mass is 10.1. The molecule has 0 unspecified atom stereocenters. The SMILES string of the molecule is C/C(CC(=O)NCCCc1ccccc1)=N/NC(=O)Cc1cccs1. The fourth-order valence-corrected chi connectivity index (χ4v) is 2.97. The molecule has 6 heteroatoms. The lowest BCUT2D eigenvalue weighted by Gasteiger charge is -2.06. The summed E-state index contributed by atoms with van der Waals surface area (Å²) in [6, 6.07) is 14.0. The Morgan fingerprint density at radius 1 is 1.08 bits per heavy atom. The van der Waals surface area contributed by atoms with Crippen LogP contribution in [0.2, 0.25) is 0 Å². The molecule has 2 amide bonds. The molecule has 0 saturated heterocycles. The van der Waals surface area contributed by atoms with Crippen LogP contribution in [-0.2, 0) is 22.4 Å². The van der Waals surface area contributed by atoms with Gasteiger partial charge in [-0.05, 0) is 36.8 Å². The zero-order valence-corrected chi connectivity index (χ0v) is 15.1. The fourth-order valence-electron chi connectivity index (χ4n) is 2.27. The summed E-state index contributed by atoms with van der Waals surface area (Å²) in [5.74, 6) is -0.258. The molecule has 0 aliphatic rings. The summed E-state index contributed by atoms with van der Waals surface area (Å²) in [5.41, 5.74) is 4.34. The third kappa shape index (κ3) is 7.76. The van der Waals surface area contributed by atoms with Crippen LogP contribution in [0.15, 0.2) is 52.9 Å². The monoisotopic (exact) mass is 357 g/mol. The Morgan fingerprint density at radius 2 is 1.88 bits per heavy atom. The molecule has 0 fully saturated rings. The number of hydrogen-bond donors (Lipinski definition) is 2. The first-order valence-corrected chi connectivity index (χ1v) is 9.16. The molecule has 0 atom stereocenters. The summed E-state index contributed by atoms with van der Waals surface area (Å²) in [6.45, 7) is 2.36. The highest BCUT2D eigenvalue weighted by atomic mass is 32.1. The number of nitrogens with one attached hydrogen (secondary N) is 2. The molecule has 2 rings (SSSR count). The second-order valence-electron chi connectivity index (χ2n) is 5.75. The van der Waals surface area contributed by atoms with Gasteiger partial charge in [0.25, 0.3) is 0 Å². The summed E-state index contributed by atoms with van der Waals surface area (Å²) < 4.78 is 0. The third-order valence-electron chi connectivity index (χ3n) is 3.51. The highest BCUT2D eigenvalue weighted by Crippen LogP contribution is 2.08. The first kappa shape index (κ1) is 18.9. The molecule has 1 aromatic carbocycles. The van der Waals surface area contributed by atoms with Gasteiger partial charge in [0, 0.05) is 17.1 Å². The van der Waals surface area contributed by atoms with Gasteiger partial charge in [0.1, 0.15) is 0 Å². The minimum absolute atomic E-state index is 0.0817. The Morgan fingerprint density at radius 3 is 2.60 bits per heavy atom. The van der Waals surface area contributed by atoms with Gasteiger partial charge in [0.2, 0.25) is 11.8 Å². The maximum absolute atomic E-state index is 11.9. The van der Waals surface area contributed by atoms with E-state index in [4.69, 9.17) is 0 Å². The van der Waals surface area contributed by atoms with Crippen LogP contribution in [-0.4, -0.2) is 24.1 Å². The van der Waals surface area contributed by atoms with Crippen LogP contribution in [0, 0.1) is 0 Å². The van der Waals surface area contributed by atoms with Crippen molar-refractivity contribution in [3.8, 4) is 0 Å². The Kier molecular flexibility index (Phi) is 7.85. The van der Waals surface area contributed by atoms with Crippen LogP contribution in [0.5, 0.6) is 0 Å². The lowest BCUT2D eigenvalue weighted by Crippen LogP contribution is -2.27. The second-order valence-corrected chi connectivity index (χ2v) is 6.79. The van der Waals surface area contributed by atoms with E-state index in [1.54, 1.807) is 6.92 Å². The molecular weight excluding hydrogens is 334 g/mol. The van der Waals surface area contributed by atoms with E-state index in [0.717, 1.165) is 17.7 Å². The van der Waals surface area contributed by atoms with Crippen LogP contribution in [0.4, 0.5) is 0 Å². The van der Waals surface area contributed by atoms with Gasteiger partial charge in [-0.25, -0.2) is 5.43 Å². The number of hydrogen-bond acceptors (Lipinski definition) is 4. The van der Waals surface area contributed by atoms with Crippen molar-refractivity contribution in [3.05, 3.63) is 58.3 Å². The molecule has 132 valence electrons. The maximum Gasteiger partial charge on any atom is 0.245 e. The Balaban J connectivity index is 1.61. The number of aryl methyl sites for hydroxylation is 1. The largest absolute Gasteiger partial charge is 0.356 e. The Bertz CT molecular complexity index is 697. The molecule has 1 heterocycles. The van der Waals surface area contributed by atoms with Crippen molar-refractivity contribution < 1.29 is 9.59 Å². The van der Waals surface area contributed by atoms with E-state index in [9.17, 15) is 9.59 Å². The highest BCUT2D eigenvalue weighted by molar-refractivity contribution is 7.10. The van der Waals surface area contributed by atoms with Gasteiger partial charge < -0.3 is 5.32 Å². The van der Waals surface area contributed by atoms with Gasteiger partial charge in [-0.15, -0.1) is 11.3 Å². The summed E-state index contributed by atoms with van der Waals surface area (Å²) in [4.78, 5) is 24.6. The number of benzene rings is 1. The fraction of sp³-hybridized carbons (Fsp3) is 0.316. The van der Waals surface area contributed by atoms with Gasteiger partial charge in [-0.1, -0.05) is 36.4 Å². The number of amides is 2. The van der Waals surface area contributed by atoms with E-state index >= 15 is 0 Å². The number of carbonyl (C=O) groups is 2. The molecule has 0 aliphatic heterocycles. The van der Waals surface area contributed by atoms with Crippen LogP contribution in [0.3, 0.4) is 0 Å². The molecule has 0 aliphatic carbocycles. The highest BCUT2D eigenvalue weighted by Gasteiger charge is 2.06. The van der Waals surface area contributed by atoms with Crippen LogP contribution in [0.25, 0.3) is 0 Å². The molecule has 0 radical (unpaired) electrons. The summed E-state index contributed by atoms with van der Waals surface area (Å²) in [5, 5.41) is 8.79. The van der Waals surface area contributed by atoms with Crippen LogP contribution in [0.1, 0.15) is 30.2 Å². The number of nitrogens with zero attached hydrogens (tertiary/aromatic N) is 1. The minimum atomic E-state index is -0.176. The van der Waals surface area contributed by atoms with E-state index in [1.807, 2.05) is 35.7 Å². The zero-order chi connectivity index (χ0) is 17.9. The lowest BCUT2D eigenvalue weighted by molar-refractivity contribution is -0.121. The summed E-state index contributed by atoms with van der Waals surface area (Å²) in [7, 11) is 0. The molecule has 0 bridgehead atoms. The van der Waals surface area contributed by atoms with Crippen LogP contribution >= 0.6 is 11.3 Å². The molecule has 25 heavy (non-hydrogen) atoms. The molecule has 1 aromatic heterocycles. The first-order valence-electron chi connectivity index (χ1n) is 8.28. The van der Waals surface area contributed by atoms with E-state index in [1.165, 1.54) is 16.9 Å². The van der Waals surface area contributed by atoms with Crippen molar-refractivity contribution in [2.75, 3.05) is 6.54 Å². The van der Waals surface area contributed by atoms with Gasteiger partial charge >= 0.3 is 0 Å². The number of rotatable bonds is 9. The van der Waals surface area contributed by atoms with E-state index in [2.05, 4.69) is 28.0 Å². The number of carbonyl (C=O) groups excluding carboxylic acids is 2. The van der Waals surface area contributed by atoms with E-state index < -0.39 is 0 Å². The smallest absolute Gasteiger partial charge is 0.245 e. The Hall–Kier alpha value is -2.47. The van der Waals surface area contributed by atoms with Crippen LogP contribution < -0.4 is 10.7 Å². The predicted molar refractivity (Wildman–Crippen MR) is 102 cm³/mol. The average molecular weight is 357 g/mol. The van der Waals surface area contributed by atoms with Gasteiger partial charge in [0.05, 0.1) is 12.8 Å². The minimum Gasteiger partial charge on any atom is -0.356 e. The second kappa shape index (κ2) is 10.4. The van der Waals surface area contributed by atoms with Crippen molar-refractivity contribution in [3.63, 3.8) is 0 Å². The number of hydrazone groups is 1. The molecule has 2 aromatic rings. The van der Waals surface area contributed by atoms with Crippen molar-refractivity contribution >= 4 is 28.9 Å². The summed E-state index contributed by atoms with van der Waals surface area (Å²) >= 11 is 1.53. The van der Waals surface area contributed by atoms with E-state index in [-0.39, 0.29) is 18.2 Å². The molecule has 2 N–H and O–H groups in total. The molecule has 0 saturated carbocycles. The predicted octanol–water partition coefficient (Wildman–Crippen LogP) is 2.92. The quantitative estimate of drug-likeness (QED) is 0.411. The van der Waals surface area contributed by atoms with Gasteiger partial charge in [-0.2, -0.15) is 5.10 Å². The topological polar surface area (TPSA) is 70.6 Å². The molecule has 0 spiro atoms. The first-order chi connectivity index (χ1) is 12.1. The Labute approximate surface area is 152 Å². The van der Waals surface area contributed by atoms with E-state index in [0.29, 0.717) is 18.7 Å². The maximum atomic E-state index is 11.9. The molecule has 5 nitrogen and oxygen atoms in total. The van der Waals surface area contributed by atoms with Gasteiger partial charge in [0.15, 0.2) is 0 Å². The average Bonchev–Trinajstić information content (AvgIpc) is 3.11. The van der Waals surface area contributed by atoms with Crippen molar-refractivity contribution in [1.82, 2.24) is 10.7 Å². The number of thiophene rings is 1. The van der Waals surface area contributed by atoms with Crippen molar-refractivity contribution in [2.45, 2.75) is 32.6 Å². The normalized spacial score (nSPS) is 11.2. The summed E-state index contributed by atoms with van der Waals surface area (Å²) in [6.07, 6.45) is 2.32. The molecular formula is C19H23N3O2S. The standard InChI is InChI=1S/C19H23N3O2S/c1-15(21-22-19(24)14-17-10-6-12-25-17)13-18(23)20-11-5-9-16-7-3-2-4-8-16/h2-4,6-8,10,12H,5,9,11,13-14H2,1H3,(H,20,23)(H,22,24)/b21-15-. The zero-order valence-electron chi connectivity index (χ0n) is 14.3. The third-order valence-corrected chi connectivity index (χ3v) is 4.39. The van der Waals surface area contributed by atoms with Crippen molar-refractivity contribution in [1.29, 1.82) is 0 Å².